The molecule has 2 aromatic rings. The van der Waals surface area contributed by atoms with Crippen molar-refractivity contribution >= 4 is 23.9 Å². The lowest BCUT2D eigenvalue weighted by Gasteiger charge is -2.13. The van der Waals surface area contributed by atoms with E-state index < -0.39 is 0 Å². The van der Waals surface area contributed by atoms with Crippen LogP contribution in [-0.2, 0) is 0 Å². The van der Waals surface area contributed by atoms with Gasteiger partial charge >= 0.3 is 0 Å². The monoisotopic (exact) mass is 332 g/mol. The third-order valence-electron chi connectivity index (χ3n) is 3.17. The first-order chi connectivity index (χ1) is 11.5. The van der Waals surface area contributed by atoms with Crippen molar-refractivity contribution in [2.75, 3.05) is 24.7 Å². The third-order valence-corrected chi connectivity index (χ3v) is 3.17. The van der Waals surface area contributed by atoms with E-state index in [9.17, 15) is 19.8 Å². The summed E-state index contributed by atoms with van der Waals surface area (Å²) in [6, 6.07) is 5.07. The number of phenolic OH excluding ortho intramolecular Hbond substituents is 2. The van der Waals surface area contributed by atoms with Gasteiger partial charge in [0.05, 0.1) is 22.5 Å². The van der Waals surface area contributed by atoms with Crippen LogP contribution in [0.25, 0.3) is 0 Å². The van der Waals surface area contributed by atoms with Gasteiger partial charge in [0.15, 0.2) is 12.6 Å². The van der Waals surface area contributed by atoms with Crippen molar-refractivity contribution < 1.29 is 29.3 Å². The zero-order chi connectivity index (χ0) is 17.7. The highest BCUT2D eigenvalue weighted by Gasteiger charge is 2.10. The van der Waals surface area contributed by atoms with Gasteiger partial charge in [0.25, 0.3) is 0 Å². The van der Waals surface area contributed by atoms with Gasteiger partial charge in [-0.15, -0.1) is 0 Å². The summed E-state index contributed by atoms with van der Waals surface area (Å²) in [6.45, 7) is 0.147. The summed E-state index contributed by atoms with van der Waals surface area (Å²) in [5.41, 5.74) is 11.8. The van der Waals surface area contributed by atoms with E-state index in [-0.39, 0.29) is 58.7 Å². The molecule has 8 heteroatoms. The molecule has 0 bridgehead atoms. The number of nitrogens with two attached hydrogens (primary N) is 2. The predicted octanol–water partition coefficient (Wildman–Crippen LogP) is 1.34. The quantitative estimate of drug-likeness (QED) is 0.338. The molecule has 0 spiro atoms. The fourth-order valence-corrected chi connectivity index (χ4v) is 1.94. The van der Waals surface area contributed by atoms with Crippen LogP contribution >= 0.6 is 0 Å². The zero-order valence-corrected chi connectivity index (χ0v) is 12.6. The SMILES string of the molecule is Nc1cc(O)c(C=O)cc1OCCOc1cc(C=O)c(O)cc1N. The first-order valence-electron chi connectivity index (χ1n) is 6.87. The Morgan fingerprint density at radius 2 is 1.17 bits per heavy atom. The summed E-state index contributed by atoms with van der Waals surface area (Å²) in [5, 5.41) is 19.0. The van der Waals surface area contributed by atoms with Crippen LogP contribution in [0, 0.1) is 0 Å². The van der Waals surface area contributed by atoms with Gasteiger partial charge in [-0.25, -0.2) is 0 Å². The highest BCUT2D eigenvalue weighted by Crippen LogP contribution is 2.30. The standard InChI is InChI=1S/C16H16N2O6/c17-11-5-13(21)9(7-19)3-15(11)23-1-2-24-16-4-10(8-20)14(22)6-12(16)18/h3-8,21-22H,1-2,17-18H2. The van der Waals surface area contributed by atoms with E-state index in [0.29, 0.717) is 12.6 Å². The second-order valence-corrected chi connectivity index (χ2v) is 4.83. The van der Waals surface area contributed by atoms with Crippen molar-refractivity contribution in [3.63, 3.8) is 0 Å². The molecule has 126 valence electrons. The Kier molecular flexibility index (Phi) is 5.10. The Balaban J connectivity index is 1.99. The van der Waals surface area contributed by atoms with E-state index in [1.54, 1.807) is 0 Å². The normalized spacial score (nSPS) is 10.2. The summed E-state index contributed by atoms with van der Waals surface area (Å²) < 4.78 is 10.8. The minimum absolute atomic E-state index is 0.0542. The number of ether oxygens (including phenoxy) is 2. The van der Waals surface area contributed by atoms with Crippen molar-refractivity contribution in [2.24, 2.45) is 0 Å². The fraction of sp³-hybridized carbons (Fsp3) is 0.125. The lowest BCUT2D eigenvalue weighted by Crippen LogP contribution is -2.11. The molecule has 24 heavy (non-hydrogen) atoms. The minimum atomic E-state index is -0.232. The van der Waals surface area contributed by atoms with E-state index in [4.69, 9.17) is 20.9 Å². The maximum absolute atomic E-state index is 10.8. The second kappa shape index (κ2) is 7.23. The maximum Gasteiger partial charge on any atom is 0.153 e. The van der Waals surface area contributed by atoms with Gasteiger partial charge in [0, 0.05) is 12.1 Å². The Bertz CT molecular complexity index is 710. The van der Waals surface area contributed by atoms with Gasteiger partial charge in [0.2, 0.25) is 0 Å². The molecule has 2 rings (SSSR count). The molecule has 0 aliphatic rings. The Morgan fingerprint density at radius 3 is 1.50 bits per heavy atom. The Morgan fingerprint density at radius 1 is 0.792 bits per heavy atom. The number of anilines is 2. The van der Waals surface area contributed by atoms with Crippen LogP contribution < -0.4 is 20.9 Å². The number of carbonyl (C=O) groups excluding carboxylic acids is 2. The van der Waals surface area contributed by atoms with Crippen molar-refractivity contribution in [2.45, 2.75) is 0 Å². The minimum Gasteiger partial charge on any atom is -0.507 e. The number of carbonyl (C=O) groups is 2. The highest BCUT2D eigenvalue weighted by molar-refractivity contribution is 5.83. The molecule has 0 unspecified atom stereocenters. The maximum atomic E-state index is 10.8. The van der Waals surface area contributed by atoms with E-state index in [1.165, 1.54) is 24.3 Å². The summed E-state index contributed by atoms with van der Waals surface area (Å²) in [7, 11) is 0. The number of aromatic hydroxyl groups is 2. The summed E-state index contributed by atoms with van der Waals surface area (Å²) in [5.74, 6) is -0.00904. The van der Waals surface area contributed by atoms with Crippen LogP contribution in [0.5, 0.6) is 23.0 Å². The number of phenols is 2. The third kappa shape index (κ3) is 3.67. The molecule has 0 atom stereocenters. The van der Waals surface area contributed by atoms with Crippen LogP contribution in [0.1, 0.15) is 20.7 Å². The molecule has 2 aromatic carbocycles. The summed E-state index contributed by atoms with van der Waals surface area (Å²) in [4.78, 5) is 21.6. The van der Waals surface area contributed by atoms with Crippen molar-refractivity contribution in [1.82, 2.24) is 0 Å². The van der Waals surface area contributed by atoms with Crippen molar-refractivity contribution in [3.05, 3.63) is 35.4 Å². The molecule has 6 N–H and O–H groups in total. The first-order valence-corrected chi connectivity index (χ1v) is 6.87. The lowest BCUT2D eigenvalue weighted by atomic mass is 10.2. The van der Waals surface area contributed by atoms with Gasteiger partial charge < -0.3 is 31.2 Å². The number of rotatable bonds is 7. The van der Waals surface area contributed by atoms with Crippen LogP contribution in [0.2, 0.25) is 0 Å². The zero-order valence-electron chi connectivity index (χ0n) is 12.6. The van der Waals surface area contributed by atoms with Crippen LogP contribution in [0.3, 0.4) is 0 Å². The average Bonchev–Trinajstić information content (AvgIpc) is 2.54. The van der Waals surface area contributed by atoms with Gasteiger partial charge in [-0.05, 0) is 12.1 Å². The molecule has 0 saturated carbocycles. The summed E-state index contributed by atoms with van der Waals surface area (Å²) in [6.07, 6.45) is 0.965. The average molecular weight is 332 g/mol. The molecule has 0 fully saturated rings. The van der Waals surface area contributed by atoms with Gasteiger partial charge in [-0.3, -0.25) is 9.59 Å². The number of aldehydes is 2. The second-order valence-electron chi connectivity index (χ2n) is 4.83. The molecular formula is C16H16N2O6. The Hall–Kier alpha value is -3.42. The fourth-order valence-electron chi connectivity index (χ4n) is 1.94. The molecule has 0 heterocycles. The molecule has 0 saturated heterocycles. The number of hydrogen-bond acceptors (Lipinski definition) is 8. The summed E-state index contributed by atoms with van der Waals surface area (Å²) >= 11 is 0. The topological polar surface area (TPSA) is 145 Å². The highest BCUT2D eigenvalue weighted by atomic mass is 16.5. The van der Waals surface area contributed by atoms with E-state index >= 15 is 0 Å². The largest absolute Gasteiger partial charge is 0.507 e. The lowest BCUT2D eigenvalue weighted by molar-refractivity contribution is 0.111. The molecule has 0 aliphatic heterocycles. The predicted molar refractivity (Wildman–Crippen MR) is 86.8 cm³/mol. The Labute approximate surface area is 137 Å². The molecule has 0 amide bonds. The number of benzene rings is 2. The van der Waals surface area contributed by atoms with Crippen molar-refractivity contribution in [1.29, 1.82) is 0 Å². The van der Waals surface area contributed by atoms with Gasteiger partial charge in [-0.1, -0.05) is 0 Å². The number of nitrogen functional groups attached to an aromatic ring is 2. The first kappa shape index (κ1) is 16.9. The van der Waals surface area contributed by atoms with Gasteiger partial charge in [0.1, 0.15) is 36.2 Å². The van der Waals surface area contributed by atoms with E-state index in [0.717, 1.165) is 0 Å². The smallest absolute Gasteiger partial charge is 0.153 e. The number of hydrogen-bond donors (Lipinski definition) is 4. The van der Waals surface area contributed by atoms with Gasteiger partial charge in [-0.2, -0.15) is 0 Å². The molecule has 8 nitrogen and oxygen atoms in total. The molecule has 0 aromatic heterocycles. The van der Waals surface area contributed by atoms with Crippen molar-refractivity contribution in [3.8, 4) is 23.0 Å². The molecular weight excluding hydrogens is 316 g/mol. The van der Waals surface area contributed by atoms with Crippen LogP contribution in [-0.4, -0.2) is 36.0 Å². The van der Waals surface area contributed by atoms with Crippen LogP contribution in [0.4, 0.5) is 11.4 Å². The van der Waals surface area contributed by atoms with E-state index in [1.807, 2.05) is 0 Å². The van der Waals surface area contributed by atoms with Crippen LogP contribution in [0.15, 0.2) is 24.3 Å². The van der Waals surface area contributed by atoms with E-state index in [2.05, 4.69) is 0 Å². The molecule has 0 aliphatic carbocycles. The molecule has 0 radical (unpaired) electrons.